The zero-order valence-electron chi connectivity index (χ0n) is 9.41. The van der Waals surface area contributed by atoms with Gasteiger partial charge in [0.15, 0.2) is 0 Å². The molecule has 2 rings (SSSR count). The highest BCUT2D eigenvalue weighted by Crippen LogP contribution is 2.21. The van der Waals surface area contributed by atoms with Crippen LogP contribution in [0.3, 0.4) is 0 Å². The van der Waals surface area contributed by atoms with E-state index in [1.54, 1.807) is 6.07 Å². The summed E-state index contributed by atoms with van der Waals surface area (Å²) in [5, 5.41) is 0.0369. The van der Waals surface area contributed by atoms with Crippen LogP contribution in [0.5, 0.6) is 0 Å². The predicted octanol–water partition coefficient (Wildman–Crippen LogP) is 3.26. The molecule has 0 fully saturated rings. The molecule has 1 aromatic heterocycles. The average Bonchev–Trinajstić information content (AvgIpc) is 2.34. The van der Waals surface area contributed by atoms with Gasteiger partial charge >= 0.3 is 0 Å². The molecule has 1 heterocycles. The van der Waals surface area contributed by atoms with Gasteiger partial charge in [0, 0.05) is 17.8 Å². The minimum Gasteiger partial charge on any atom is -0.324 e. The Kier molecular flexibility index (Phi) is 3.89. The van der Waals surface area contributed by atoms with E-state index in [1.807, 2.05) is 0 Å². The van der Waals surface area contributed by atoms with Gasteiger partial charge in [0.1, 0.15) is 11.6 Å². The van der Waals surface area contributed by atoms with Crippen molar-refractivity contribution in [2.45, 2.75) is 12.5 Å². The quantitative estimate of drug-likeness (QED) is 0.928. The maximum atomic E-state index is 13.5. The second kappa shape index (κ2) is 5.42. The number of aromatic nitrogens is 1. The molecule has 2 N–H and O–H groups in total. The maximum absolute atomic E-state index is 13.5. The second-order valence-corrected chi connectivity index (χ2v) is 4.36. The lowest BCUT2D eigenvalue weighted by Crippen LogP contribution is -2.15. The predicted molar refractivity (Wildman–Crippen MR) is 66.2 cm³/mol. The lowest BCUT2D eigenvalue weighted by atomic mass is 10.0. The fourth-order valence-corrected chi connectivity index (χ4v) is 1.92. The van der Waals surface area contributed by atoms with Crippen LogP contribution in [0.2, 0.25) is 5.02 Å². The Morgan fingerprint density at radius 3 is 2.67 bits per heavy atom. The summed E-state index contributed by atoms with van der Waals surface area (Å²) < 4.78 is 26.4. The summed E-state index contributed by atoms with van der Waals surface area (Å²) >= 11 is 5.67. The van der Waals surface area contributed by atoms with E-state index in [-0.39, 0.29) is 5.02 Å². The minimum atomic E-state index is -0.519. The Morgan fingerprint density at radius 2 is 2.00 bits per heavy atom. The normalized spacial score (nSPS) is 12.4. The number of halogens is 3. The number of benzene rings is 1. The van der Waals surface area contributed by atoms with Gasteiger partial charge in [0.25, 0.3) is 0 Å². The zero-order valence-corrected chi connectivity index (χ0v) is 10.2. The van der Waals surface area contributed by atoms with Crippen molar-refractivity contribution in [1.29, 1.82) is 0 Å². The van der Waals surface area contributed by atoms with Crippen LogP contribution in [-0.4, -0.2) is 4.98 Å². The third kappa shape index (κ3) is 2.83. The molecule has 5 heteroatoms. The third-order valence-corrected chi connectivity index (χ3v) is 2.93. The standard InChI is InChI=1S/C13H11ClF2N2/c14-10-5-8(1-2-11(10)15)6-13(17)9-3-4-18-7-12(9)16/h1-5,7,13H,6,17H2. The van der Waals surface area contributed by atoms with E-state index < -0.39 is 17.7 Å². The molecule has 1 aromatic carbocycles. The number of hydrogen-bond acceptors (Lipinski definition) is 2. The van der Waals surface area contributed by atoms with Crippen LogP contribution in [0.15, 0.2) is 36.7 Å². The first-order valence-electron chi connectivity index (χ1n) is 5.37. The van der Waals surface area contributed by atoms with Crippen LogP contribution in [0.1, 0.15) is 17.2 Å². The minimum absolute atomic E-state index is 0.0369. The Labute approximate surface area is 108 Å². The molecule has 0 bridgehead atoms. The van der Waals surface area contributed by atoms with Crippen LogP contribution in [0, 0.1) is 11.6 Å². The molecule has 0 aliphatic carbocycles. The first-order chi connectivity index (χ1) is 8.58. The van der Waals surface area contributed by atoms with Gasteiger partial charge in [-0.15, -0.1) is 0 Å². The van der Waals surface area contributed by atoms with Gasteiger partial charge in [-0.3, -0.25) is 4.98 Å². The fourth-order valence-electron chi connectivity index (χ4n) is 1.72. The third-order valence-electron chi connectivity index (χ3n) is 2.64. The Morgan fingerprint density at radius 1 is 1.22 bits per heavy atom. The molecule has 2 nitrogen and oxygen atoms in total. The van der Waals surface area contributed by atoms with Crippen molar-refractivity contribution in [3.8, 4) is 0 Å². The average molecular weight is 269 g/mol. The summed E-state index contributed by atoms with van der Waals surface area (Å²) in [5.74, 6) is -0.928. The van der Waals surface area contributed by atoms with E-state index in [9.17, 15) is 8.78 Å². The van der Waals surface area contributed by atoms with E-state index in [1.165, 1.54) is 24.4 Å². The molecular formula is C13H11ClF2N2. The van der Waals surface area contributed by atoms with E-state index in [0.29, 0.717) is 12.0 Å². The summed E-state index contributed by atoms with van der Waals surface area (Å²) in [6, 6.07) is 5.36. The molecule has 1 atom stereocenters. The monoisotopic (exact) mass is 268 g/mol. The number of rotatable bonds is 3. The van der Waals surface area contributed by atoms with Gasteiger partial charge in [0.2, 0.25) is 0 Å². The molecule has 0 saturated carbocycles. The molecule has 0 saturated heterocycles. The SMILES string of the molecule is NC(Cc1ccc(F)c(Cl)c1)c1ccncc1F. The molecule has 94 valence electrons. The van der Waals surface area contributed by atoms with Crippen molar-refractivity contribution in [3.05, 3.63) is 64.4 Å². The lowest BCUT2D eigenvalue weighted by molar-refractivity contribution is 0.574. The number of hydrogen-bond donors (Lipinski definition) is 1. The molecule has 1 unspecified atom stereocenters. The molecule has 0 aliphatic rings. The molecular weight excluding hydrogens is 258 g/mol. The Balaban J connectivity index is 2.19. The highest BCUT2D eigenvalue weighted by atomic mass is 35.5. The maximum Gasteiger partial charge on any atom is 0.146 e. The fraction of sp³-hybridized carbons (Fsp3) is 0.154. The van der Waals surface area contributed by atoms with E-state index >= 15 is 0 Å². The molecule has 2 aromatic rings. The number of nitrogens with two attached hydrogens (primary N) is 1. The van der Waals surface area contributed by atoms with Crippen LogP contribution >= 0.6 is 11.6 Å². The zero-order chi connectivity index (χ0) is 13.1. The van der Waals surface area contributed by atoms with Crippen LogP contribution in [0.25, 0.3) is 0 Å². The molecule has 18 heavy (non-hydrogen) atoms. The Hall–Kier alpha value is -1.52. The summed E-state index contributed by atoms with van der Waals surface area (Å²) in [4.78, 5) is 3.66. The summed E-state index contributed by atoms with van der Waals surface area (Å²) in [7, 11) is 0. The molecule has 0 spiro atoms. The van der Waals surface area contributed by atoms with Crippen LogP contribution in [0.4, 0.5) is 8.78 Å². The first-order valence-corrected chi connectivity index (χ1v) is 5.74. The lowest BCUT2D eigenvalue weighted by Gasteiger charge is -2.13. The van der Waals surface area contributed by atoms with E-state index in [4.69, 9.17) is 17.3 Å². The van der Waals surface area contributed by atoms with Gasteiger partial charge in [0.05, 0.1) is 11.2 Å². The number of pyridine rings is 1. The van der Waals surface area contributed by atoms with E-state index in [2.05, 4.69) is 4.98 Å². The smallest absolute Gasteiger partial charge is 0.146 e. The van der Waals surface area contributed by atoms with Gasteiger partial charge < -0.3 is 5.73 Å². The van der Waals surface area contributed by atoms with Gasteiger partial charge in [-0.2, -0.15) is 0 Å². The summed E-state index contributed by atoms with van der Waals surface area (Å²) in [5.41, 5.74) is 7.05. The molecule has 0 radical (unpaired) electrons. The van der Waals surface area contributed by atoms with Crippen LogP contribution < -0.4 is 5.73 Å². The highest BCUT2D eigenvalue weighted by molar-refractivity contribution is 6.30. The van der Waals surface area contributed by atoms with Crippen molar-refractivity contribution in [2.75, 3.05) is 0 Å². The van der Waals surface area contributed by atoms with Crippen molar-refractivity contribution in [3.63, 3.8) is 0 Å². The van der Waals surface area contributed by atoms with Crippen molar-refractivity contribution >= 4 is 11.6 Å². The highest BCUT2D eigenvalue weighted by Gasteiger charge is 2.12. The first kappa shape index (κ1) is 12.9. The number of nitrogens with zero attached hydrogens (tertiary/aromatic N) is 1. The topological polar surface area (TPSA) is 38.9 Å². The van der Waals surface area contributed by atoms with Crippen molar-refractivity contribution in [2.24, 2.45) is 5.73 Å². The van der Waals surface area contributed by atoms with Gasteiger partial charge in [-0.05, 0) is 30.2 Å². The second-order valence-electron chi connectivity index (χ2n) is 3.96. The van der Waals surface area contributed by atoms with Crippen molar-refractivity contribution < 1.29 is 8.78 Å². The molecule has 0 aliphatic heterocycles. The molecule has 0 amide bonds. The largest absolute Gasteiger partial charge is 0.324 e. The van der Waals surface area contributed by atoms with E-state index in [0.717, 1.165) is 11.8 Å². The van der Waals surface area contributed by atoms with Crippen LogP contribution in [-0.2, 0) is 6.42 Å². The summed E-state index contributed by atoms with van der Waals surface area (Å²) in [6.45, 7) is 0. The van der Waals surface area contributed by atoms with Gasteiger partial charge in [-0.25, -0.2) is 8.78 Å². The van der Waals surface area contributed by atoms with Gasteiger partial charge in [-0.1, -0.05) is 17.7 Å². The summed E-state index contributed by atoms with van der Waals surface area (Å²) in [6.07, 6.45) is 2.98. The van der Waals surface area contributed by atoms with Crippen molar-refractivity contribution in [1.82, 2.24) is 4.98 Å². The Bertz CT molecular complexity index is 560.